The molecule has 0 bridgehead atoms. The summed E-state index contributed by atoms with van der Waals surface area (Å²) in [6.07, 6.45) is 3.41. The Morgan fingerprint density at radius 1 is 1.56 bits per heavy atom. The molecule has 0 aliphatic rings. The van der Waals surface area contributed by atoms with Crippen LogP contribution in [0.15, 0.2) is 22.9 Å². The molecule has 2 aromatic rings. The Labute approximate surface area is 92.9 Å². The van der Waals surface area contributed by atoms with E-state index in [-0.39, 0.29) is 12.2 Å². The molecule has 0 saturated carbocycles. The number of ketones is 1. The Morgan fingerprint density at radius 2 is 2.44 bits per heavy atom. The minimum atomic E-state index is 0.129. The van der Waals surface area contributed by atoms with E-state index >= 15 is 0 Å². The van der Waals surface area contributed by atoms with E-state index in [0.29, 0.717) is 18.1 Å². The molecule has 0 aromatic carbocycles. The lowest BCUT2D eigenvalue weighted by atomic mass is 10.2. The number of Topliss-reactive ketones (excluding diaryl/α,β-unsaturated/α-hetero) is 1. The maximum atomic E-state index is 11.4. The summed E-state index contributed by atoms with van der Waals surface area (Å²) in [5, 5.41) is 3.80. The van der Waals surface area contributed by atoms with Crippen LogP contribution in [-0.4, -0.2) is 20.9 Å². The standard InChI is InChI=1S/C11H13N3O2/c1-2-4-8(15)7-10-13-11(14-16-10)9-5-3-6-12-9/h3,5-6,12H,2,4,7H2,1H3. The van der Waals surface area contributed by atoms with Gasteiger partial charge in [-0.15, -0.1) is 0 Å². The van der Waals surface area contributed by atoms with E-state index in [4.69, 9.17) is 4.52 Å². The van der Waals surface area contributed by atoms with Crippen LogP contribution in [0.25, 0.3) is 11.5 Å². The molecule has 0 fully saturated rings. The van der Waals surface area contributed by atoms with Gasteiger partial charge in [-0.3, -0.25) is 4.79 Å². The molecule has 0 aliphatic carbocycles. The van der Waals surface area contributed by atoms with Gasteiger partial charge in [-0.25, -0.2) is 0 Å². The summed E-state index contributed by atoms with van der Waals surface area (Å²) in [6.45, 7) is 1.97. The third kappa shape index (κ3) is 2.36. The number of carbonyl (C=O) groups is 1. The Kier molecular flexibility index (Phi) is 3.14. The van der Waals surface area contributed by atoms with Crippen LogP contribution >= 0.6 is 0 Å². The number of carbonyl (C=O) groups excluding carboxylic acids is 1. The Balaban J connectivity index is 2.06. The van der Waals surface area contributed by atoms with Crippen molar-refractivity contribution in [3.05, 3.63) is 24.2 Å². The molecule has 0 unspecified atom stereocenters. The van der Waals surface area contributed by atoms with Gasteiger partial charge in [-0.2, -0.15) is 4.98 Å². The molecule has 1 N–H and O–H groups in total. The highest BCUT2D eigenvalue weighted by molar-refractivity contribution is 5.79. The van der Waals surface area contributed by atoms with Crippen molar-refractivity contribution >= 4 is 5.78 Å². The third-order valence-corrected chi connectivity index (χ3v) is 2.18. The number of rotatable bonds is 5. The molecular weight excluding hydrogens is 206 g/mol. The third-order valence-electron chi connectivity index (χ3n) is 2.18. The van der Waals surface area contributed by atoms with Gasteiger partial charge in [-0.05, 0) is 18.6 Å². The van der Waals surface area contributed by atoms with Crippen LogP contribution < -0.4 is 0 Å². The predicted octanol–water partition coefficient (Wildman–Crippen LogP) is 1.98. The topological polar surface area (TPSA) is 71.8 Å². The number of aromatic nitrogens is 3. The lowest BCUT2D eigenvalue weighted by molar-refractivity contribution is -0.118. The summed E-state index contributed by atoms with van der Waals surface area (Å²) in [7, 11) is 0. The first-order valence-corrected chi connectivity index (χ1v) is 5.27. The summed E-state index contributed by atoms with van der Waals surface area (Å²) in [6, 6.07) is 3.70. The normalized spacial score (nSPS) is 10.6. The molecule has 5 nitrogen and oxygen atoms in total. The average molecular weight is 219 g/mol. The maximum absolute atomic E-state index is 11.4. The SMILES string of the molecule is CCCC(=O)Cc1nc(-c2ccc[nH]2)no1. The van der Waals surface area contributed by atoms with E-state index < -0.39 is 0 Å². The molecule has 0 aliphatic heterocycles. The number of aromatic amines is 1. The van der Waals surface area contributed by atoms with Gasteiger partial charge in [-0.1, -0.05) is 12.1 Å². The summed E-state index contributed by atoms with van der Waals surface area (Å²) in [4.78, 5) is 18.5. The van der Waals surface area contributed by atoms with Crippen LogP contribution in [0.1, 0.15) is 25.7 Å². The zero-order valence-corrected chi connectivity index (χ0v) is 9.06. The van der Waals surface area contributed by atoms with Crippen molar-refractivity contribution in [2.45, 2.75) is 26.2 Å². The highest BCUT2D eigenvalue weighted by Gasteiger charge is 2.12. The van der Waals surface area contributed by atoms with E-state index in [0.717, 1.165) is 12.1 Å². The first kappa shape index (κ1) is 10.6. The van der Waals surface area contributed by atoms with Crippen molar-refractivity contribution in [1.82, 2.24) is 15.1 Å². The summed E-state index contributed by atoms with van der Waals surface area (Å²) >= 11 is 0. The second-order valence-corrected chi connectivity index (χ2v) is 3.56. The number of hydrogen-bond donors (Lipinski definition) is 1. The highest BCUT2D eigenvalue weighted by Crippen LogP contribution is 2.13. The number of nitrogens with zero attached hydrogens (tertiary/aromatic N) is 2. The van der Waals surface area contributed by atoms with Crippen molar-refractivity contribution in [3.8, 4) is 11.5 Å². The monoisotopic (exact) mass is 219 g/mol. The van der Waals surface area contributed by atoms with E-state index in [2.05, 4.69) is 15.1 Å². The zero-order chi connectivity index (χ0) is 11.4. The molecule has 5 heteroatoms. The fourth-order valence-corrected chi connectivity index (χ4v) is 1.44. The van der Waals surface area contributed by atoms with Crippen LogP contribution in [0, 0.1) is 0 Å². The van der Waals surface area contributed by atoms with Gasteiger partial charge in [0.1, 0.15) is 5.78 Å². The first-order valence-electron chi connectivity index (χ1n) is 5.27. The van der Waals surface area contributed by atoms with Crippen LogP contribution in [0.4, 0.5) is 0 Å². The lowest BCUT2D eigenvalue weighted by Crippen LogP contribution is -2.01. The van der Waals surface area contributed by atoms with Crippen molar-refractivity contribution in [2.24, 2.45) is 0 Å². The van der Waals surface area contributed by atoms with Gasteiger partial charge in [0.2, 0.25) is 11.7 Å². The van der Waals surface area contributed by atoms with E-state index in [1.165, 1.54) is 0 Å². The van der Waals surface area contributed by atoms with Gasteiger partial charge in [0.15, 0.2) is 0 Å². The molecule has 0 atom stereocenters. The van der Waals surface area contributed by atoms with Crippen LogP contribution in [0.5, 0.6) is 0 Å². The summed E-state index contributed by atoms with van der Waals surface area (Å²) in [5.74, 6) is 0.997. The minimum Gasteiger partial charge on any atom is -0.359 e. The van der Waals surface area contributed by atoms with Crippen molar-refractivity contribution in [2.75, 3.05) is 0 Å². The molecule has 0 saturated heterocycles. The second-order valence-electron chi connectivity index (χ2n) is 3.56. The van der Waals surface area contributed by atoms with Crippen LogP contribution in [0.2, 0.25) is 0 Å². The second kappa shape index (κ2) is 4.74. The van der Waals surface area contributed by atoms with Crippen molar-refractivity contribution < 1.29 is 9.32 Å². The van der Waals surface area contributed by atoms with Gasteiger partial charge >= 0.3 is 0 Å². The molecular formula is C11H13N3O2. The van der Waals surface area contributed by atoms with Gasteiger partial charge < -0.3 is 9.51 Å². The number of nitrogens with one attached hydrogen (secondary N) is 1. The van der Waals surface area contributed by atoms with Gasteiger partial charge in [0, 0.05) is 12.6 Å². The molecule has 2 aromatic heterocycles. The smallest absolute Gasteiger partial charge is 0.234 e. The van der Waals surface area contributed by atoms with E-state index in [9.17, 15) is 4.79 Å². The van der Waals surface area contributed by atoms with Gasteiger partial charge in [0.05, 0.1) is 12.1 Å². The molecule has 2 rings (SSSR count). The minimum absolute atomic E-state index is 0.129. The molecule has 0 radical (unpaired) electrons. The summed E-state index contributed by atoms with van der Waals surface area (Å²) < 4.78 is 5.00. The maximum Gasteiger partial charge on any atom is 0.234 e. The molecule has 16 heavy (non-hydrogen) atoms. The number of H-pyrrole nitrogens is 1. The van der Waals surface area contributed by atoms with Crippen LogP contribution in [0.3, 0.4) is 0 Å². The quantitative estimate of drug-likeness (QED) is 0.834. The van der Waals surface area contributed by atoms with Gasteiger partial charge in [0.25, 0.3) is 0 Å². The Hall–Kier alpha value is -1.91. The zero-order valence-electron chi connectivity index (χ0n) is 9.06. The number of hydrogen-bond acceptors (Lipinski definition) is 4. The molecule has 0 amide bonds. The van der Waals surface area contributed by atoms with Crippen molar-refractivity contribution in [3.63, 3.8) is 0 Å². The largest absolute Gasteiger partial charge is 0.359 e. The van der Waals surface area contributed by atoms with E-state index in [1.807, 2.05) is 19.1 Å². The van der Waals surface area contributed by atoms with E-state index in [1.54, 1.807) is 6.20 Å². The first-order chi connectivity index (χ1) is 7.79. The Morgan fingerprint density at radius 3 is 3.12 bits per heavy atom. The molecule has 84 valence electrons. The average Bonchev–Trinajstić information content (AvgIpc) is 2.86. The highest BCUT2D eigenvalue weighted by atomic mass is 16.5. The molecule has 2 heterocycles. The fourth-order valence-electron chi connectivity index (χ4n) is 1.44. The Bertz CT molecular complexity index is 459. The fraction of sp³-hybridized carbons (Fsp3) is 0.364. The lowest BCUT2D eigenvalue weighted by Gasteiger charge is -1.91. The molecule has 0 spiro atoms. The predicted molar refractivity (Wildman–Crippen MR) is 57.7 cm³/mol. The van der Waals surface area contributed by atoms with Crippen molar-refractivity contribution in [1.29, 1.82) is 0 Å². The summed E-state index contributed by atoms with van der Waals surface area (Å²) in [5.41, 5.74) is 0.790. The van der Waals surface area contributed by atoms with Crippen LogP contribution in [-0.2, 0) is 11.2 Å².